The number of likely N-dealkylation sites (N-methyl/N-ethyl adjacent to an activating group) is 1. The summed E-state index contributed by atoms with van der Waals surface area (Å²) in [6, 6.07) is 6.23. The lowest BCUT2D eigenvalue weighted by Gasteiger charge is -2.20. The Morgan fingerprint density at radius 3 is 2.79 bits per heavy atom. The molecule has 0 fully saturated rings. The van der Waals surface area contributed by atoms with Gasteiger partial charge in [-0.2, -0.15) is 0 Å². The Bertz CT molecular complexity index is 471. The van der Waals surface area contributed by atoms with Gasteiger partial charge in [-0.3, -0.25) is 4.79 Å². The van der Waals surface area contributed by atoms with Gasteiger partial charge in [-0.15, -0.1) is 0 Å². The summed E-state index contributed by atoms with van der Waals surface area (Å²) in [6.45, 7) is 5.03. The number of amides is 1. The smallest absolute Gasteiger partial charge is 0.231 e. The van der Waals surface area contributed by atoms with Crippen molar-refractivity contribution >= 4 is 11.6 Å². The van der Waals surface area contributed by atoms with Crippen molar-refractivity contribution in [1.29, 1.82) is 0 Å². The molecule has 104 valence electrons. The van der Waals surface area contributed by atoms with Gasteiger partial charge < -0.3 is 15.3 Å². The zero-order valence-electron chi connectivity index (χ0n) is 11.8. The van der Waals surface area contributed by atoms with Crippen LogP contribution in [0.1, 0.15) is 25.0 Å². The molecule has 1 unspecified atom stereocenters. The van der Waals surface area contributed by atoms with Gasteiger partial charge in [0, 0.05) is 25.3 Å². The van der Waals surface area contributed by atoms with E-state index >= 15 is 0 Å². The summed E-state index contributed by atoms with van der Waals surface area (Å²) in [5.74, 6) is 0.544. The second-order valence-electron chi connectivity index (χ2n) is 5.51. The Hall–Kier alpha value is -1.39. The quantitative estimate of drug-likeness (QED) is 0.841. The van der Waals surface area contributed by atoms with Crippen LogP contribution in [0.5, 0.6) is 0 Å². The van der Waals surface area contributed by atoms with E-state index in [0.717, 1.165) is 16.8 Å². The average molecular weight is 262 g/mol. The third-order valence-corrected chi connectivity index (χ3v) is 3.79. The minimum Gasteiger partial charge on any atom is -0.395 e. The van der Waals surface area contributed by atoms with E-state index in [4.69, 9.17) is 0 Å². The molecule has 1 aliphatic heterocycles. The first kappa shape index (κ1) is 14.0. The molecule has 1 amide bonds. The van der Waals surface area contributed by atoms with Crippen LogP contribution in [0.4, 0.5) is 5.69 Å². The van der Waals surface area contributed by atoms with E-state index < -0.39 is 0 Å². The maximum atomic E-state index is 11.6. The van der Waals surface area contributed by atoms with Crippen molar-refractivity contribution in [2.75, 3.05) is 18.6 Å². The van der Waals surface area contributed by atoms with Crippen LogP contribution in [0.15, 0.2) is 18.2 Å². The SMILES string of the molecule is CC(C)C(CO)NCc1ccc2c(c1)CC(=O)N2C. The van der Waals surface area contributed by atoms with Crippen LogP contribution in [0.3, 0.4) is 0 Å². The molecule has 2 rings (SSSR count). The van der Waals surface area contributed by atoms with Crippen molar-refractivity contribution in [3.63, 3.8) is 0 Å². The summed E-state index contributed by atoms with van der Waals surface area (Å²) in [4.78, 5) is 13.3. The van der Waals surface area contributed by atoms with Gasteiger partial charge in [0.1, 0.15) is 0 Å². The van der Waals surface area contributed by atoms with E-state index in [1.54, 1.807) is 4.90 Å². The maximum Gasteiger partial charge on any atom is 0.231 e. The van der Waals surface area contributed by atoms with Gasteiger partial charge in [0.25, 0.3) is 0 Å². The van der Waals surface area contributed by atoms with Crippen LogP contribution >= 0.6 is 0 Å². The zero-order valence-corrected chi connectivity index (χ0v) is 11.8. The number of carbonyl (C=O) groups is 1. The number of nitrogens with zero attached hydrogens (tertiary/aromatic N) is 1. The monoisotopic (exact) mass is 262 g/mol. The number of aliphatic hydroxyl groups is 1. The number of benzene rings is 1. The molecule has 1 atom stereocenters. The summed E-state index contributed by atoms with van der Waals surface area (Å²) in [5.41, 5.74) is 3.26. The van der Waals surface area contributed by atoms with E-state index in [2.05, 4.69) is 25.2 Å². The van der Waals surface area contributed by atoms with E-state index in [9.17, 15) is 9.90 Å². The topological polar surface area (TPSA) is 52.6 Å². The fourth-order valence-electron chi connectivity index (χ4n) is 2.39. The molecular formula is C15H22N2O2. The Kier molecular flexibility index (Phi) is 4.22. The highest BCUT2D eigenvalue weighted by atomic mass is 16.3. The lowest BCUT2D eigenvalue weighted by Crippen LogP contribution is -2.36. The molecular weight excluding hydrogens is 240 g/mol. The molecule has 0 saturated heterocycles. The second kappa shape index (κ2) is 5.72. The first-order valence-electron chi connectivity index (χ1n) is 6.75. The lowest BCUT2D eigenvalue weighted by molar-refractivity contribution is -0.117. The Labute approximate surface area is 114 Å². The van der Waals surface area contributed by atoms with Crippen LogP contribution in [0.2, 0.25) is 0 Å². The molecule has 1 aromatic rings. The third-order valence-electron chi connectivity index (χ3n) is 3.79. The summed E-state index contributed by atoms with van der Waals surface area (Å²) in [7, 11) is 1.81. The molecule has 4 nitrogen and oxygen atoms in total. The maximum absolute atomic E-state index is 11.6. The molecule has 1 aliphatic rings. The second-order valence-corrected chi connectivity index (χ2v) is 5.51. The predicted octanol–water partition coefficient (Wildman–Crippen LogP) is 1.31. The van der Waals surface area contributed by atoms with Crippen LogP contribution in [-0.2, 0) is 17.8 Å². The van der Waals surface area contributed by atoms with Gasteiger partial charge in [-0.1, -0.05) is 26.0 Å². The highest BCUT2D eigenvalue weighted by Crippen LogP contribution is 2.28. The number of aliphatic hydroxyl groups excluding tert-OH is 1. The fraction of sp³-hybridized carbons (Fsp3) is 0.533. The Morgan fingerprint density at radius 1 is 1.42 bits per heavy atom. The number of rotatable bonds is 5. The number of hydrogen-bond donors (Lipinski definition) is 2. The Morgan fingerprint density at radius 2 is 2.16 bits per heavy atom. The van der Waals surface area contributed by atoms with Crippen molar-refractivity contribution in [2.24, 2.45) is 5.92 Å². The van der Waals surface area contributed by atoms with Crippen LogP contribution in [0.25, 0.3) is 0 Å². The molecule has 2 N–H and O–H groups in total. The minimum atomic E-state index is 0.109. The largest absolute Gasteiger partial charge is 0.395 e. The molecule has 1 heterocycles. The molecule has 0 aliphatic carbocycles. The zero-order chi connectivity index (χ0) is 14.0. The van der Waals surface area contributed by atoms with Gasteiger partial charge in [0.15, 0.2) is 0 Å². The van der Waals surface area contributed by atoms with E-state index in [1.807, 2.05) is 19.2 Å². The van der Waals surface area contributed by atoms with Crippen LogP contribution in [-0.4, -0.2) is 30.7 Å². The summed E-state index contributed by atoms with van der Waals surface area (Å²) in [5, 5.41) is 12.6. The number of fused-ring (bicyclic) bond motifs is 1. The summed E-state index contributed by atoms with van der Waals surface area (Å²) >= 11 is 0. The first-order valence-corrected chi connectivity index (χ1v) is 6.75. The van der Waals surface area contributed by atoms with Gasteiger partial charge in [0.2, 0.25) is 5.91 Å². The normalized spacial score (nSPS) is 16.1. The van der Waals surface area contributed by atoms with Crippen molar-refractivity contribution < 1.29 is 9.90 Å². The minimum absolute atomic E-state index is 0.109. The highest BCUT2D eigenvalue weighted by molar-refractivity contribution is 6.00. The highest BCUT2D eigenvalue weighted by Gasteiger charge is 2.23. The molecule has 0 radical (unpaired) electrons. The Balaban J connectivity index is 2.04. The van der Waals surface area contributed by atoms with Crippen molar-refractivity contribution in [2.45, 2.75) is 32.9 Å². The lowest BCUT2D eigenvalue weighted by atomic mass is 10.0. The van der Waals surface area contributed by atoms with E-state index in [-0.39, 0.29) is 18.6 Å². The van der Waals surface area contributed by atoms with Crippen molar-refractivity contribution in [3.05, 3.63) is 29.3 Å². The van der Waals surface area contributed by atoms with Gasteiger partial charge in [0.05, 0.1) is 13.0 Å². The van der Waals surface area contributed by atoms with Gasteiger partial charge in [-0.05, 0) is 23.1 Å². The molecule has 0 spiro atoms. The molecule has 0 saturated carbocycles. The summed E-state index contributed by atoms with van der Waals surface area (Å²) in [6.07, 6.45) is 0.493. The average Bonchev–Trinajstić information content (AvgIpc) is 2.65. The predicted molar refractivity (Wildman–Crippen MR) is 76.1 cm³/mol. The van der Waals surface area contributed by atoms with Gasteiger partial charge >= 0.3 is 0 Å². The van der Waals surface area contributed by atoms with E-state index in [0.29, 0.717) is 18.9 Å². The molecule has 0 aromatic heterocycles. The standard InChI is InChI=1S/C15H22N2O2/c1-10(2)13(9-18)16-8-11-4-5-14-12(6-11)7-15(19)17(14)3/h4-6,10,13,16,18H,7-9H2,1-3H3. The van der Waals surface area contributed by atoms with E-state index in [1.165, 1.54) is 0 Å². The number of hydrogen-bond acceptors (Lipinski definition) is 3. The number of nitrogens with one attached hydrogen (secondary N) is 1. The molecule has 0 bridgehead atoms. The number of anilines is 1. The third kappa shape index (κ3) is 2.96. The first-order chi connectivity index (χ1) is 9.02. The fourth-order valence-corrected chi connectivity index (χ4v) is 2.39. The number of carbonyl (C=O) groups excluding carboxylic acids is 1. The molecule has 19 heavy (non-hydrogen) atoms. The summed E-state index contributed by atoms with van der Waals surface area (Å²) < 4.78 is 0. The van der Waals surface area contributed by atoms with Crippen LogP contribution < -0.4 is 10.2 Å². The van der Waals surface area contributed by atoms with Crippen molar-refractivity contribution in [1.82, 2.24) is 5.32 Å². The van der Waals surface area contributed by atoms with Crippen LogP contribution in [0, 0.1) is 5.92 Å². The molecule has 1 aromatic carbocycles. The van der Waals surface area contributed by atoms with Gasteiger partial charge in [-0.25, -0.2) is 0 Å². The molecule has 4 heteroatoms. The van der Waals surface area contributed by atoms with Crippen molar-refractivity contribution in [3.8, 4) is 0 Å².